The van der Waals surface area contributed by atoms with Crippen molar-refractivity contribution in [3.05, 3.63) is 53.4 Å². The number of nitrogens with one attached hydrogen (secondary N) is 1. The lowest BCUT2D eigenvalue weighted by molar-refractivity contribution is -0.170. The fraction of sp³-hybridized carbons (Fsp3) is 0.393. The molecule has 0 saturated carbocycles. The van der Waals surface area contributed by atoms with Gasteiger partial charge in [-0.05, 0) is 43.5 Å². The summed E-state index contributed by atoms with van der Waals surface area (Å²) >= 11 is 0. The first kappa shape index (κ1) is 25.7. The van der Waals surface area contributed by atoms with Gasteiger partial charge in [0.05, 0.1) is 31.5 Å². The summed E-state index contributed by atoms with van der Waals surface area (Å²) in [5.41, 5.74) is 0.513. The number of aromatic nitrogens is 3. The molecule has 1 fully saturated rings. The lowest BCUT2D eigenvalue weighted by Gasteiger charge is -2.36. The zero-order valence-electron chi connectivity index (χ0n) is 21.6. The van der Waals surface area contributed by atoms with Crippen LogP contribution in [0.1, 0.15) is 57.2 Å². The molecule has 0 radical (unpaired) electrons. The largest absolute Gasteiger partial charge is 0.494 e. The summed E-state index contributed by atoms with van der Waals surface area (Å²) in [6.45, 7) is 5.41. The summed E-state index contributed by atoms with van der Waals surface area (Å²) in [5, 5.41) is 27.0. The lowest BCUT2D eigenvalue weighted by atomic mass is 9.77. The first-order valence-electron chi connectivity index (χ1n) is 12.3. The highest BCUT2D eigenvalue weighted by Gasteiger charge is 2.43. The predicted molar refractivity (Wildman–Crippen MR) is 137 cm³/mol. The number of halogens is 2. The van der Waals surface area contributed by atoms with Gasteiger partial charge in [0.15, 0.2) is 23.0 Å². The van der Waals surface area contributed by atoms with Crippen molar-refractivity contribution >= 4 is 27.8 Å². The van der Waals surface area contributed by atoms with E-state index in [0.717, 1.165) is 0 Å². The molecule has 0 unspecified atom stereocenters. The van der Waals surface area contributed by atoms with Crippen molar-refractivity contribution in [2.24, 2.45) is 0 Å². The van der Waals surface area contributed by atoms with Crippen molar-refractivity contribution in [2.75, 3.05) is 13.7 Å². The van der Waals surface area contributed by atoms with E-state index >= 15 is 4.39 Å². The van der Waals surface area contributed by atoms with Gasteiger partial charge in [-0.25, -0.2) is 13.6 Å². The van der Waals surface area contributed by atoms with Crippen molar-refractivity contribution < 1.29 is 28.2 Å². The van der Waals surface area contributed by atoms with Crippen LogP contribution in [0.4, 0.5) is 8.78 Å². The number of carbonyl (C=O) groups is 1. The molecule has 0 amide bonds. The van der Waals surface area contributed by atoms with Crippen molar-refractivity contribution in [3.8, 4) is 17.5 Å². The molecular weight excluding hydrogens is 494 g/mol. The number of hydrogen-bond acceptors (Lipinski definition) is 5. The van der Waals surface area contributed by atoms with Gasteiger partial charge < -0.3 is 19.1 Å². The quantitative estimate of drug-likeness (QED) is 0.335. The van der Waals surface area contributed by atoms with Crippen LogP contribution in [-0.4, -0.2) is 45.2 Å². The minimum atomic E-state index is -1.34. The number of methoxy groups -OCH3 is 1. The van der Waals surface area contributed by atoms with Gasteiger partial charge in [0, 0.05) is 46.0 Å². The second kappa shape index (κ2) is 9.10. The number of fused-ring (bicyclic) bond motifs is 2. The predicted octanol–water partition coefficient (Wildman–Crippen LogP) is 5.72. The summed E-state index contributed by atoms with van der Waals surface area (Å²) < 4.78 is 43.7. The van der Waals surface area contributed by atoms with Crippen LogP contribution in [0.5, 0.6) is 5.75 Å². The van der Waals surface area contributed by atoms with Crippen LogP contribution in [0.3, 0.4) is 0 Å². The summed E-state index contributed by atoms with van der Waals surface area (Å²) in [6, 6.07) is 8.47. The molecule has 1 aliphatic heterocycles. The molecule has 0 bridgehead atoms. The second-order valence-electron chi connectivity index (χ2n) is 10.6. The fourth-order valence-electron chi connectivity index (χ4n) is 5.52. The summed E-state index contributed by atoms with van der Waals surface area (Å²) in [6.07, 6.45) is 2.32. The van der Waals surface area contributed by atoms with Crippen LogP contribution in [0, 0.1) is 23.0 Å². The van der Waals surface area contributed by atoms with Gasteiger partial charge in [-0.3, -0.25) is 5.10 Å². The lowest BCUT2D eigenvalue weighted by Crippen LogP contribution is -2.43. The van der Waals surface area contributed by atoms with Gasteiger partial charge in [-0.2, -0.15) is 10.4 Å². The number of aliphatic carboxylic acids is 1. The number of nitrogens with zero attached hydrogens (tertiary/aromatic N) is 3. The monoisotopic (exact) mass is 522 g/mol. The third-order valence-electron chi connectivity index (χ3n) is 7.63. The molecule has 5 rings (SSSR count). The number of H-pyrrole nitrogens is 1. The third-order valence-corrected chi connectivity index (χ3v) is 7.63. The average molecular weight is 523 g/mol. The molecule has 2 N–H and O–H groups in total. The molecule has 8 nitrogen and oxygen atoms in total. The van der Waals surface area contributed by atoms with E-state index in [1.807, 2.05) is 24.5 Å². The van der Waals surface area contributed by atoms with Crippen molar-refractivity contribution in [2.45, 2.75) is 57.0 Å². The van der Waals surface area contributed by atoms with E-state index in [4.69, 9.17) is 9.47 Å². The number of carboxylic acids is 1. The minimum absolute atomic E-state index is 0.0259. The molecule has 2 aromatic carbocycles. The SMILES string of the molecule is COc1cc(-n2c(C(C)(C)CC#N)c([C@@H]3CC[C@@](C)(C(=O)O)OC3)c3c(F)c4[nH]ncc4cc32)ccc1F. The highest BCUT2D eigenvalue weighted by molar-refractivity contribution is 6.00. The van der Waals surface area contributed by atoms with Gasteiger partial charge in [-0.1, -0.05) is 13.8 Å². The highest BCUT2D eigenvalue weighted by Crippen LogP contribution is 2.47. The Labute approximate surface area is 217 Å². The molecule has 1 saturated heterocycles. The molecule has 0 spiro atoms. The molecule has 1 aliphatic rings. The Balaban J connectivity index is 1.88. The molecule has 10 heteroatoms. The van der Waals surface area contributed by atoms with Gasteiger partial charge >= 0.3 is 5.97 Å². The van der Waals surface area contributed by atoms with E-state index in [1.165, 1.54) is 26.3 Å². The Morgan fingerprint density at radius 2 is 2.16 bits per heavy atom. The van der Waals surface area contributed by atoms with E-state index in [2.05, 4.69) is 16.3 Å². The molecule has 4 aromatic rings. The first-order chi connectivity index (χ1) is 18.0. The highest BCUT2D eigenvalue weighted by atomic mass is 19.1. The van der Waals surface area contributed by atoms with E-state index < -0.39 is 28.6 Å². The maximum Gasteiger partial charge on any atom is 0.335 e. The smallest absolute Gasteiger partial charge is 0.335 e. The number of hydrogen-bond donors (Lipinski definition) is 2. The van der Waals surface area contributed by atoms with E-state index in [-0.39, 0.29) is 36.6 Å². The molecular formula is C28H28F2N4O4. The average Bonchev–Trinajstić information content (AvgIpc) is 3.49. The van der Waals surface area contributed by atoms with Gasteiger partial charge in [-0.15, -0.1) is 0 Å². The Kier molecular flexibility index (Phi) is 6.15. The molecule has 38 heavy (non-hydrogen) atoms. The third kappa shape index (κ3) is 3.89. The van der Waals surface area contributed by atoms with Crippen molar-refractivity contribution in [3.63, 3.8) is 0 Å². The number of nitriles is 1. The molecule has 0 aliphatic carbocycles. The fourth-order valence-corrected chi connectivity index (χ4v) is 5.52. The Morgan fingerprint density at radius 1 is 1.39 bits per heavy atom. The van der Waals surface area contributed by atoms with E-state index in [9.17, 15) is 19.6 Å². The maximum absolute atomic E-state index is 16.3. The number of aromatic amines is 1. The summed E-state index contributed by atoms with van der Waals surface area (Å²) in [5.74, 6) is -2.41. The standard InChI is InChI=1S/C28H28F2N4O4/c1-27(2,9-10-31)25-21(15-7-8-28(3,26(35)36)38-14-15)22-19(11-16-13-32-33-24(16)23(22)30)34(25)17-5-6-18(29)20(12-17)37-4/h5-6,11-13,15H,7-9,14H2,1-4H3,(H,32,33)(H,35,36)/t15-,28+/m1/s1. The van der Waals surface area contributed by atoms with Crippen molar-refractivity contribution in [1.82, 2.24) is 14.8 Å². The molecule has 2 aromatic heterocycles. The van der Waals surface area contributed by atoms with E-state index in [1.54, 1.807) is 12.1 Å². The van der Waals surface area contributed by atoms with Crippen LogP contribution in [0.2, 0.25) is 0 Å². The second-order valence-corrected chi connectivity index (χ2v) is 10.6. The van der Waals surface area contributed by atoms with E-state index in [0.29, 0.717) is 39.7 Å². The van der Waals surface area contributed by atoms with Gasteiger partial charge in [0.1, 0.15) is 5.52 Å². The van der Waals surface area contributed by atoms with Gasteiger partial charge in [0.2, 0.25) is 0 Å². The Morgan fingerprint density at radius 3 is 2.79 bits per heavy atom. The summed E-state index contributed by atoms with van der Waals surface area (Å²) in [7, 11) is 1.37. The molecule has 198 valence electrons. The van der Waals surface area contributed by atoms with Crippen LogP contribution in [0.25, 0.3) is 27.5 Å². The molecule has 2 atom stereocenters. The van der Waals surface area contributed by atoms with Crippen LogP contribution >= 0.6 is 0 Å². The minimum Gasteiger partial charge on any atom is -0.494 e. The topological polar surface area (TPSA) is 113 Å². The maximum atomic E-state index is 16.3. The zero-order valence-corrected chi connectivity index (χ0v) is 21.6. The first-order valence-corrected chi connectivity index (χ1v) is 12.3. The van der Waals surface area contributed by atoms with Gasteiger partial charge in [0.25, 0.3) is 0 Å². The van der Waals surface area contributed by atoms with Crippen LogP contribution < -0.4 is 4.74 Å². The number of ether oxygens (including phenoxy) is 2. The number of rotatable bonds is 6. The van der Waals surface area contributed by atoms with Crippen molar-refractivity contribution in [1.29, 1.82) is 5.26 Å². The number of benzene rings is 2. The number of carboxylic acid groups (broad SMARTS) is 1. The van der Waals surface area contributed by atoms with Crippen LogP contribution in [-0.2, 0) is 14.9 Å². The summed E-state index contributed by atoms with van der Waals surface area (Å²) in [4.78, 5) is 11.8. The molecule has 3 heterocycles. The normalized spacial score (nSPS) is 20.1. The van der Waals surface area contributed by atoms with Crippen LogP contribution in [0.15, 0.2) is 30.5 Å². The Bertz CT molecular complexity index is 1610. The zero-order chi connectivity index (χ0) is 27.4. The Hall–Kier alpha value is -3.97.